The number of nitrogens with zero attached hydrogens (tertiary/aromatic N) is 2. The van der Waals surface area contributed by atoms with Crippen molar-refractivity contribution >= 4 is 12.3 Å². The van der Waals surface area contributed by atoms with Crippen LogP contribution in [0.2, 0.25) is 0 Å². The number of hydrogen-bond acceptors (Lipinski definition) is 2. The van der Waals surface area contributed by atoms with Gasteiger partial charge in [0.1, 0.15) is 11.8 Å². The number of H-pyrrole nitrogens is 1. The maximum Gasteiger partial charge on any atom is 0.118 e. The number of aromatic amines is 1. The summed E-state index contributed by atoms with van der Waals surface area (Å²) >= 11 is 0. The van der Waals surface area contributed by atoms with Crippen molar-refractivity contribution in [3.05, 3.63) is 41.4 Å². The summed E-state index contributed by atoms with van der Waals surface area (Å²) in [6.45, 7) is 0. The molecule has 2 rings (SSSR count). The smallest absolute Gasteiger partial charge is 0.118 e. The maximum absolute atomic E-state index is 8.57. The molecule has 0 unspecified atom stereocenters. The van der Waals surface area contributed by atoms with E-state index in [-0.39, 0.29) is 0 Å². The second-order valence-corrected chi connectivity index (χ2v) is 2.65. The van der Waals surface area contributed by atoms with Crippen LogP contribution < -0.4 is 0 Å². The molecule has 1 aromatic rings. The van der Waals surface area contributed by atoms with Crippen LogP contribution >= 0.6 is 0 Å². The van der Waals surface area contributed by atoms with E-state index in [4.69, 9.17) is 5.26 Å². The lowest BCUT2D eigenvalue weighted by Gasteiger charge is -1.87. The molecule has 3 heteroatoms. The van der Waals surface area contributed by atoms with E-state index in [9.17, 15) is 0 Å². The van der Waals surface area contributed by atoms with Gasteiger partial charge in [0, 0.05) is 11.9 Å². The third-order valence-corrected chi connectivity index (χ3v) is 1.71. The summed E-state index contributed by atoms with van der Waals surface area (Å²) in [5.41, 5.74) is 2.36. The Morgan fingerprint density at radius 3 is 3.00 bits per heavy atom. The van der Waals surface area contributed by atoms with Crippen molar-refractivity contribution in [3.63, 3.8) is 0 Å². The molecule has 1 aliphatic heterocycles. The van der Waals surface area contributed by atoms with Crippen LogP contribution in [-0.2, 0) is 0 Å². The van der Waals surface area contributed by atoms with E-state index in [0.29, 0.717) is 5.69 Å². The van der Waals surface area contributed by atoms with Crippen molar-refractivity contribution in [1.82, 2.24) is 4.98 Å². The first kappa shape index (κ1) is 7.56. The fraction of sp³-hybridized carbons (Fsp3) is 0. The van der Waals surface area contributed by atoms with Crippen molar-refractivity contribution in [2.45, 2.75) is 0 Å². The normalized spacial score (nSPS) is 16.7. The molecule has 0 aromatic carbocycles. The summed E-state index contributed by atoms with van der Waals surface area (Å²) in [6.07, 6.45) is 7.41. The Kier molecular flexibility index (Phi) is 1.81. The van der Waals surface area contributed by atoms with E-state index in [1.807, 2.05) is 30.4 Å². The van der Waals surface area contributed by atoms with Gasteiger partial charge in [-0.1, -0.05) is 0 Å². The van der Waals surface area contributed by atoms with E-state index in [2.05, 4.69) is 9.98 Å². The summed E-state index contributed by atoms with van der Waals surface area (Å²) < 4.78 is 0. The molecule has 0 aliphatic carbocycles. The Labute approximate surface area is 75.7 Å². The molecule has 13 heavy (non-hydrogen) atoms. The predicted molar refractivity (Wildman–Crippen MR) is 51.1 cm³/mol. The molecule has 0 saturated carbocycles. The number of nitriles is 1. The molecule has 1 aliphatic rings. The Morgan fingerprint density at radius 1 is 1.46 bits per heavy atom. The molecule has 0 bridgehead atoms. The Bertz CT molecular complexity index is 427. The van der Waals surface area contributed by atoms with Gasteiger partial charge in [-0.15, -0.1) is 0 Å². The molecule has 0 amide bonds. The Balaban J connectivity index is 2.28. The van der Waals surface area contributed by atoms with E-state index >= 15 is 0 Å². The van der Waals surface area contributed by atoms with Gasteiger partial charge in [0.15, 0.2) is 0 Å². The van der Waals surface area contributed by atoms with Gasteiger partial charge in [-0.25, -0.2) is 0 Å². The highest BCUT2D eigenvalue weighted by atomic mass is 14.8. The van der Waals surface area contributed by atoms with Crippen molar-refractivity contribution < 1.29 is 0 Å². The minimum atomic E-state index is 0.567. The molecule has 2 heterocycles. The van der Waals surface area contributed by atoms with E-state index in [1.165, 1.54) is 0 Å². The summed E-state index contributed by atoms with van der Waals surface area (Å²) in [6, 6.07) is 5.63. The lowest BCUT2D eigenvalue weighted by atomic mass is 10.3. The van der Waals surface area contributed by atoms with Crippen LogP contribution in [0.1, 0.15) is 11.4 Å². The Morgan fingerprint density at radius 2 is 2.38 bits per heavy atom. The number of nitrogens with one attached hydrogen (secondary N) is 1. The summed E-state index contributed by atoms with van der Waals surface area (Å²) in [7, 11) is 0. The number of rotatable bonds is 1. The summed E-state index contributed by atoms with van der Waals surface area (Å²) in [5, 5.41) is 8.57. The van der Waals surface area contributed by atoms with Gasteiger partial charge >= 0.3 is 0 Å². The maximum atomic E-state index is 8.57. The second-order valence-electron chi connectivity index (χ2n) is 2.65. The Hall–Kier alpha value is -2.08. The van der Waals surface area contributed by atoms with Gasteiger partial charge in [-0.2, -0.15) is 5.26 Å². The van der Waals surface area contributed by atoms with Crippen molar-refractivity contribution in [2.24, 2.45) is 4.99 Å². The van der Waals surface area contributed by atoms with Gasteiger partial charge in [0.05, 0.1) is 5.70 Å². The molecule has 3 nitrogen and oxygen atoms in total. The predicted octanol–water partition coefficient (Wildman–Crippen LogP) is 1.87. The second kappa shape index (κ2) is 3.11. The molecule has 1 N–H and O–H groups in total. The summed E-state index contributed by atoms with van der Waals surface area (Å²) in [5.74, 6) is 0. The van der Waals surface area contributed by atoms with Crippen molar-refractivity contribution in [2.75, 3.05) is 0 Å². The first-order valence-electron chi connectivity index (χ1n) is 3.90. The van der Waals surface area contributed by atoms with E-state index < -0.39 is 0 Å². The molecule has 62 valence electrons. The van der Waals surface area contributed by atoms with Crippen molar-refractivity contribution in [1.29, 1.82) is 5.26 Å². The lowest BCUT2D eigenvalue weighted by molar-refractivity contribution is 1.30. The zero-order chi connectivity index (χ0) is 9.10. The zero-order valence-electron chi connectivity index (χ0n) is 6.86. The van der Waals surface area contributed by atoms with Gasteiger partial charge in [-0.05, 0) is 30.4 Å². The van der Waals surface area contributed by atoms with Gasteiger partial charge in [-0.3, -0.25) is 4.99 Å². The molecule has 0 atom stereocenters. The molecule has 1 aromatic heterocycles. The zero-order valence-corrected chi connectivity index (χ0v) is 6.86. The van der Waals surface area contributed by atoms with Crippen LogP contribution in [0.25, 0.3) is 6.08 Å². The molecule has 0 radical (unpaired) electrons. The largest absolute Gasteiger partial charge is 0.347 e. The standard InChI is InChI=1S/C10H7N3/c11-7-10-4-3-9(13-10)6-8-2-1-5-12-8/h1-6,13H/b8-6+. The van der Waals surface area contributed by atoms with Gasteiger partial charge in [0.2, 0.25) is 0 Å². The van der Waals surface area contributed by atoms with Crippen LogP contribution in [-0.4, -0.2) is 11.2 Å². The van der Waals surface area contributed by atoms with Gasteiger partial charge < -0.3 is 4.98 Å². The highest BCUT2D eigenvalue weighted by Gasteiger charge is 1.97. The number of hydrogen-bond donors (Lipinski definition) is 1. The van der Waals surface area contributed by atoms with Crippen LogP contribution in [0.3, 0.4) is 0 Å². The average Bonchev–Trinajstić information content (AvgIpc) is 2.76. The van der Waals surface area contributed by atoms with Crippen LogP contribution in [0.15, 0.2) is 35.0 Å². The monoisotopic (exact) mass is 169 g/mol. The topological polar surface area (TPSA) is 51.9 Å². The molecule has 0 spiro atoms. The highest BCUT2D eigenvalue weighted by Crippen LogP contribution is 2.11. The fourth-order valence-electron chi connectivity index (χ4n) is 1.12. The third-order valence-electron chi connectivity index (χ3n) is 1.71. The van der Waals surface area contributed by atoms with E-state index in [1.54, 1.807) is 12.3 Å². The molecule has 0 fully saturated rings. The highest BCUT2D eigenvalue weighted by molar-refractivity contribution is 5.79. The number of allylic oxidation sites excluding steroid dienone is 2. The molecular formula is C10H7N3. The fourth-order valence-corrected chi connectivity index (χ4v) is 1.12. The van der Waals surface area contributed by atoms with Crippen LogP contribution in [0.5, 0.6) is 0 Å². The number of aromatic nitrogens is 1. The van der Waals surface area contributed by atoms with Gasteiger partial charge in [0.25, 0.3) is 0 Å². The SMILES string of the molecule is N#Cc1ccc(/C=C2\C=CC=N2)[nH]1. The molecule has 0 saturated heterocycles. The minimum absolute atomic E-state index is 0.567. The first-order valence-corrected chi connectivity index (χ1v) is 3.90. The molecular weight excluding hydrogens is 162 g/mol. The average molecular weight is 169 g/mol. The van der Waals surface area contributed by atoms with Crippen molar-refractivity contribution in [3.8, 4) is 6.07 Å². The number of aliphatic imine (C=N–C) groups is 1. The van der Waals surface area contributed by atoms with Crippen LogP contribution in [0.4, 0.5) is 0 Å². The lowest BCUT2D eigenvalue weighted by Crippen LogP contribution is -1.75. The minimum Gasteiger partial charge on any atom is -0.347 e. The van der Waals surface area contributed by atoms with E-state index in [0.717, 1.165) is 11.4 Å². The van der Waals surface area contributed by atoms with Crippen LogP contribution in [0, 0.1) is 11.3 Å². The first-order chi connectivity index (χ1) is 6.38. The summed E-state index contributed by atoms with van der Waals surface area (Å²) in [4.78, 5) is 7.03. The third kappa shape index (κ3) is 1.57. The quantitative estimate of drug-likeness (QED) is 0.685.